The van der Waals surface area contributed by atoms with Crippen LogP contribution in [0.5, 0.6) is 0 Å². The van der Waals surface area contributed by atoms with Crippen molar-refractivity contribution in [1.82, 2.24) is 0 Å². The Morgan fingerprint density at radius 1 is 1.33 bits per heavy atom. The number of allylic oxidation sites excluding steroid dienone is 1. The molecule has 0 spiro atoms. The zero-order valence-electron chi connectivity index (χ0n) is 13.3. The van der Waals surface area contributed by atoms with Crippen LogP contribution in [-0.4, -0.2) is 36.5 Å². The van der Waals surface area contributed by atoms with Gasteiger partial charge in [-0.2, -0.15) is 5.26 Å². The Labute approximate surface area is 127 Å². The number of hydrogen-bond acceptors (Lipinski definition) is 4. The summed E-state index contributed by atoms with van der Waals surface area (Å²) in [5.41, 5.74) is 0.124. The Bertz CT molecular complexity index is 360. The van der Waals surface area contributed by atoms with Crippen molar-refractivity contribution in [2.75, 3.05) is 13.2 Å². The molecular weight excluding hydrogens is 270 g/mol. The quantitative estimate of drug-likeness (QED) is 0.339. The molecule has 0 rings (SSSR count). The first-order valence-corrected chi connectivity index (χ1v) is 7.56. The lowest BCUT2D eigenvalue weighted by molar-refractivity contribution is -0.132. The van der Waals surface area contributed by atoms with Gasteiger partial charge < -0.3 is 14.6 Å². The van der Waals surface area contributed by atoms with Gasteiger partial charge in [-0.1, -0.05) is 19.8 Å². The molecule has 0 fully saturated rings. The van der Waals surface area contributed by atoms with Crippen molar-refractivity contribution < 1.29 is 19.4 Å². The molecule has 0 aliphatic rings. The lowest BCUT2D eigenvalue weighted by Crippen LogP contribution is -2.22. The van der Waals surface area contributed by atoms with Gasteiger partial charge in [-0.05, 0) is 33.1 Å². The highest BCUT2D eigenvalue weighted by molar-refractivity contribution is 5.87. The van der Waals surface area contributed by atoms with Gasteiger partial charge in [-0.15, -0.1) is 0 Å². The minimum absolute atomic E-state index is 0.0328. The maximum absolute atomic E-state index is 10.8. The molecule has 0 bridgehead atoms. The number of carboxylic acid groups (broad SMARTS) is 1. The van der Waals surface area contributed by atoms with Crippen molar-refractivity contribution in [2.24, 2.45) is 0 Å². The minimum atomic E-state index is -1.04. The van der Waals surface area contributed by atoms with Crippen LogP contribution in [-0.2, 0) is 14.3 Å². The van der Waals surface area contributed by atoms with Crippen molar-refractivity contribution >= 4 is 5.97 Å². The third-order valence-electron chi connectivity index (χ3n) is 3.03. The summed E-state index contributed by atoms with van der Waals surface area (Å²) in [6.07, 6.45) is 5.65. The minimum Gasteiger partial charge on any atom is -0.478 e. The molecule has 0 aromatic carbocycles. The van der Waals surface area contributed by atoms with Crippen molar-refractivity contribution in [3.05, 3.63) is 11.6 Å². The molecule has 2 atom stereocenters. The van der Waals surface area contributed by atoms with Crippen LogP contribution >= 0.6 is 0 Å². The Balaban J connectivity index is 3.73. The van der Waals surface area contributed by atoms with Crippen LogP contribution in [0.25, 0.3) is 0 Å². The summed E-state index contributed by atoms with van der Waals surface area (Å²) in [6, 6.07) is 1.74. The second-order valence-corrected chi connectivity index (χ2v) is 5.18. The van der Waals surface area contributed by atoms with Gasteiger partial charge in [-0.3, -0.25) is 0 Å². The van der Waals surface area contributed by atoms with Gasteiger partial charge in [0.2, 0.25) is 0 Å². The van der Waals surface area contributed by atoms with E-state index in [0.29, 0.717) is 26.1 Å². The van der Waals surface area contributed by atoms with E-state index >= 15 is 0 Å². The van der Waals surface area contributed by atoms with Crippen LogP contribution in [0, 0.1) is 11.3 Å². The third kappa shape index (κ3) is 11.0. The number of aliphatic carboxylic acids is 1. The average molecular weight is 297 g/mol. The number of ether oxygens (including phenoxy) is 2. The number of carboxylic acids is 1. The zero-order valence-corrected chi connectivity index (χ0v) is 13.3. The number of rotatable bonds is 12. The lowest BCUT2D eigenvalue weighted by Gasteiger charge is -2.19. The van der Waals surface area contributed by atoms with E-state index in [2.05, 4.69) is 13.8 Å². The Kier molecular flexibility index (Phi) is 11.6. The maximum Gasteiger partial charge on any atom is 0.332 e. The van der Waals surface area contributed by atoms with E-state index in [9.17, 15) is 4.79 Å². The van der Waals surface area contributed by atoms with Crippen LogP contribution < -0.4 is 0 Å². The molecule has 0 saturated heterocycles. The highest BCUT2D eigenvalue weighted by Crippen LogP contribution is 2.08. The number of nitrogens with zero attached hydrogens (tertiary/aromatic N) is 1. The van der Waals surface area contributed by atoms with Crippen LogP contribution in [0.2, 0.25) is 0 Å². The summed E-state index contributed by atoms with van der Waals surface area (Å²) in [7, 11) is 0. The van der Waals surface area contributed by atoms with Gasteiger partial charge in [0.1, 0.15) is 0 Å². The second-order valence-electron chi connectivity index (χ2n) is 5.18. The second kappa shape index (κ2) is 12.4. The van der Waals surface area contributed by atoms with Gasteiger partial charge in [-0.25, -0.2) is 4.79 Å². The van der Waals surface area contributed by atoms with Crippen molar-refractivity contribution in [3.63, 3.8) is 0 Å². The number of nitriles is 1. The molecule has 1 N–H and O–H groups in total. The third-order valence-corrected chi connectivity index (χ3v) is 3.03. The summed E-state index contributed by atoms with van der Waals surface area (Å²) >= 11 is 0. The standard InChI is InChI=1S/C16H27NO4/c1-4-5-7-13(2)21-14(3)12-20-11-6-8-15(9-10-17)16(18)19/h9,13-14H,4-8,11-12H2,1-3H3,(H,18,19). The number of carbonyl (C=O) groups is 1. The fourth-order valence-electron chi connectivity index (χ4n) is 1.93. The summed E-state index contributed by atoms with van der Waals surface area (Å²) in [5.74, 6) is -1.04. The average Bonchev–Trinajstić information content (AvgIpc) is 2.43. The SMILES string of the molecule is CCCCC(C)OC(C)COCCCC(=CC#N)C(=O)O. The number of unbranched alkanes of at least 4 members (excludes halogenated alkanes) is 1. The van der Waals surface area contributed by atoms with E-state index in [1.165, 1.54) is 6.42 Å². The summed E-state index contributed by atoms with van der Waals surface area (Å²) in [6.45, 7) is 7.16. The van der Waals surface area contributed by atoms with E-state index in [1.54, 1.807) is 6.07 Å². The van der Waals surface area contributed by atoms with Crippen LogP contribution in [0.1, 0.15) is 52.9 Å². The van der Waals surface area contributed by atoms with E-state index in [4.69, 9.17) is 19.8 Å². The van der Waals surface area contributed by atoms with Crippen LogP contribution in [0.4, 0.5) is 0 Å². The summed E-state index contributed by atoms with van der Waals surface area (Å²) < 4.78 is 11.3. The van der Waals surface area contributed by atoms with Gasteiger partial charge >= 0.3 is 5.97 Å². The zero-order chi connectivity index (χ0) is 16.1. The topological polar surface area (TPSA) is 79.5 Å². The molecule has 0 saturated carbocycles. The predicted octanol–water partition coefficient (Wildman–Crippen LogP) is 3.30. The molecular formula is C16H27NO4. The summed E-state index contributed by atoms with van der Waals surface area (Å²) in [4.78, 5) is 10.8. The first-order valence-electron chi connectivity index (χ1n) is 7.56. The van der Waals surface area contributed by atoms with Crippen LogP contribution in [0.3, 0.4) is 0 Å². The molecule has 5 heteroatoms. The van der Waals surface area contributed by atoms with E-state index < -0.39 is 5.97 Å². The highest BCUT2D eigenvalue weighted by atomic mass is 16.5. The van der Waals surface area contributed by atoms with Crippen molar-refractivity contribution in [2.45, 2.75) is 65.1 Å². The molecule has 0 amide bonds. The molecule has 0 heterocycles. The Morgan fingerprint density at radius 3 is 2.62 bits per heavy atom. The maximum atomic E-state index is 10.8. The van der Waals surface area contributed by atoms with Gasteiger partial charge in [0.25, 0.3) is 0 Å². The number of hydrogen-bond donors (Lipinski definition) is 1. The Morgan fingerprint density at radius 2 is 2.05 bits per heavy atom. The fraction of sp³-hybridized carbons (Fsp3) is 0.750. The lowest BCUT2D eigenvalue weighted by atomic mass is 10.1. The van der Waals surface area contributed by atoms with E-state index in [1.807, 2.05) is 6.92 Å². The normalized spacial score (nSPS) is 14.5. The van der Waals surface area contributed by atoms with E-state index in [-0.39, 0.29) is 17.8 Å². The van der Waals surface area contributed by atoms with E-state index in [0.717, 1.165) is 18.9 Å². The summed E-state index contributed by atoms with van der Waals surface area (Å²) in [5, 5.41) is 17.3. The molecule has 0 aromatic heterocycles. The largest absolute Gasteiger partial charge is 0.478 e. The van der Waals surface area contributed by atoms with Gasteiger partial charge in [0.05, 0.1) is 24.9 Å². The molecule has 5 nitrogen and oxygen atoms in total. The molecule has 2 unspecified atom stereocenters. The van der Waals surface area contributed by atoms with Crippen LogP contribution in [0.15, 0.2) is 11.6 Å². The molecule has 0 aliphatic heterocycles. The molecule has 0 aliphatic carbocycles. The fourth-order valence-corrected chi connectivity index (χ4v) is 1.93. The highest BCUT2D eigenvalue weighted by Gasteiger charge is 2.09. The smallest absolute Gasteiger partial charge is 0.332 e. The van der Waals surface area contributed by atoms with Crippen molar-refractivity contribution in [3.8, 4) is 6.07 Å². The predicted molar refractivity (Wildman–Crippen MR) is 80.9 cm³/mol. The first-order chi connectivity index (χ1) is 10.0. The molecule has 0 radical (unpaired) electrons. The van der Waals surface area contributed by atoms with Crippen molar-refractivity contribution in [1.29, 1.82) is 5.26 Å². The molecule has 120 valence electrons. The molecule has 21 heavy (non-hydrogen) atoms. The first kappa shape index (κ1) is 19.6. The Hall–Kier alpha value is -1.38. The monoisotopic (exact) mass is 297 g/mol. The molecule has 0 aromatic rings. The van der Waals surface area contributed by atoms with Gasteiger partial charge in [0, 0.05) is 18.3 Å². The van der Waals surface area contributed by atoms with Gasteiger partial charge in [0.15, 0.2) is 0 Å².